The number of carbonyl (C=O) groups excluding carboxylic acids is 2. The van der Waals surface area contributed by atoms with Gasteiger partial charge in [0.1, 0.15) is 6.61 Å². The number of aromatic nitrogens is 1. The summed E-state index contributed by atoms with van der Waals surface area (Å²) in [6.07, 6.45) is 3.11. The minimum absolute atomic E-state index is 0.109. The van der Waals surface area contributed by atoms with Crippen LogP contribution in [0.25, 0.3) is 0 Å². The molecule has 33 heavy (non-hydrogen) atoms. The van der Waals surface area contributed by atoms with Gasteiger partial charge in [0.05, 0.1) is 17.8 Å². The number of nitrogens with one attached hydrogen (secondary N) is 2. The number of nitrogens with zero attached hydrogens (tertiary/aromatic N) is 2. The third kappa shape index (κ3) is 6.32. The van der Waals surface area contributed by atoms with Crippen molar-refractivity contribution < 1.29 is 14.3 Å². The van der Waals surface area contributed by atoms with Crippen molar-refractivity contribution in [3.8, 4) is 5.88 Å². The summed E-state index contributed by atoms with van der Waals surface area (Å²) in [6.45, 7) is 3.43. The van der Waals surface area contributed by atoms with Crippen LogP contribution in [0.3, 0.4) is 0 Å². The largest absolute Gasteiger partial charge is 0.473 e. The highest BCUT2D eigenvalue weighted by Gasteiger charge is 2.28. The van der Waals surface area contributed by atoms with Crippen molar-refractivity contribution >= 4 is 23.3 Å². The Morgan fingerprint density at radius 2 is 1.88 bits per heavy atom. The van der Waals surface area contributed by atoms with Crippen molar-refractivity contribution in [1.82, 2.24) is 9.88 Å². The Hall–Kier alpha value is -3.87. The van der Waals surface area contributed by atoms with Crippen LogP contribution in [-0.4, -0.2) is 34.9 Å². The topological polar surface area (TPSA) is 83.6 Å². The molecule has 4 rings (SSSR count). The zero-order valence-electron chi connectivity index (χ0n) is 18.7. The molecule has 1 atom stereocenters. The summed E-state index contributed by atoms with van der Waals surface area (Å²) in [6, 6.07) is 20.9. The van der Waals surface area contributed by atoms with Gasteiger partial charge in [0.2, 0.25) is 11.8 Å². The lowest BCUT2D eigenvalue weighted by atomic mass is 9.97. The molecule has 0 radical (unpaired) electrons. The molecule has 1 aliphatic rings. The van der Waals surface area contributed by atoms with Crippen molar-refractivity contribution in [3.63, 3.8) is 0 Å². The van der Waals surface area contributed by atoms with Gasteiger partial charge in [-0.25, -0.2) is 9.78 Å². The molecule has 7 nitrogen and oxygen atoms in total. The Bertz CT molecular complexity index is 1090. The number of piperidine rings is 1. The molecule has 0 spiro atoms. The highest BCUT2D eigenvalue weighted by molar-refractivity contribution is 5.94. The lowest BCUT2D eigenvalue weighted by Crippen LogP contribution is -2.45. The summed E-state index contributed by atoms with van der Waals surface area (Å²) in [7, 11) is 0. The summed E-state index contributed by atoms with van der Waals surface area (Å²) >= 11 is 0. The van der Waals surface area contributed by atoms with E-state index >= 15 is 0 Å². The second kappa shape index (κ2) is 10.6. The maximum Gasteiger partial charge on any atom is 0.321 e. The Morgan fingerprint density at radius 1 is 1.03 bits per heavy atom. The monoisotopic (exact) mass is 444 g/mol. The molecule has 1 saturated heterocycles. The third-order valence-corrected chi connectivity index (χ3v) is 5.58. The lowest BCUT2D eigenvalue weighted by molar-refractivity contribution is -0.121. The fourth-order valence-electron chi connectivity index (χ4n) is 3.82. The molecular formula is C26H28N4O3. The van der Waals surface area contributed by atoms with Crippen molar-refractivity contribution in [1.29, 1.82) is 0 Å². The first-order chi connectivity index (χ1) is 16.1. The van der Waals surface area contributed by atoms with Crippen molar-refractivity contribution in [2.24, 2.45) is 5.92 Å². The van der Waals surface area contributed by atoms with Gasteiger partial charge in [0.15, 0.2) is 0 Å². The number of urea groups is 1. The molecule has 2 heterocycles. The first-order valence-electron chi connectivity index (χ1n) is 11.1. The van der Waals surface area contributed by atoms with Crippen molar-refractivity contribution in [3.05, 3.63) is 84.1 Å². The number of hydrogen-bond acceptors (Lipinski definition) is 4. The Balaban J connectivity index is 1.28. The second-order valence-corrected chi connectivity index (χ2v) is 8.23. The van der Waals surface area contributed by atoms with E-state index in [1.807, 2.05) is 61.5 Å². The fourth-order valence-corrected chi connectivity index (χ4v) is 3.82. The van der Waals surface area contributed by atoms with Gasteiger partial charge in [-0.3, -0.25) is 4.79 Å². The SMILES string of the molecule is Cc1cccc(NC(=O)N2CCCC(C(=O)Nc3ccc(OCc4ccccc4)nc3)C2)c1. The van der Waals surface area contributed by atoms with E-state index in [9.17, 15) is 9.59 Å². The molecule has 0 bridgehead atoms. The molecule has 3 amide bonds. The summed E-state index contributed by atoms with van der Waals surface area (Å²) < 4.78 is 5.69. The van der Waals surface area contributed by atoms with E-state index in [4.69, 9.17) is 4.74 Å². The molecule has 1 aromatic heterocycles. The van der Waals surface area contributed by atoms with Crippen LogP contribution < -0.4 is 15.4 Å². The van der Waals surface area contributed by atoms with Gasteiger partial charge in [0, 0.05) is 24.8 Å². The van der Waals surface area contributed by atoms with Crippen molar-refractivity contribution in [2.75, 3.05) is 23.7 Å². The van der Waals surface area contributed by atoms with Gasteiger partial charge in [0.25, 0.3) is 0 Å². The molecule has 0 saturated carbocycles. The Kier molecular flexibility index (Phi) is 7.19. The quantitative estimate of drug-likeness (QED) is 0.569. The van der Waals surface area contributed by atoms with Gasteiger partial charge in [-0.1, -0.05) is 42.5 Å². The first-order valence-corrected chi connectivity index (χ1v) is 11.1. The first kappa shape index (κ1) is 22.3. The molecular weight excluding hydrogens is 416 g/mol. The second-order valence-electron chi connectivity index (χ2n) is 8.23. The van der Waals surface area contributed by atoms with E-state index < -0.39 is 0 Å². The van der Waals surface area contributed by atoms with Gasteiger partial charge in [-0.2, -0.15) is 0 Å². The third-order valence-electron chi connectivity index (χ3n) is 5.58. The van der Waals surface area contributed by atoms with Gasteiger partial charge >= 0.3 is 6.03 Å². The molecule has 170 valence electrons. The highest BCUT2D eigenvalue weighted by atomic mass is 16.5. The lowest BCUT2D eigenvalue weighted by Gasteiger charge is -2.32. The number of amides is 3. The number of anilines is 2. The van der Waals surface area contributed by atoms with Gasteiger partial charge < -0.3 is 20.3 Å². The zero-order valence-corrected chi connectivity index (χ0v) is 18.7. The minimum atomic E-state index is -0.268. The van der Waals surface area contributed by atoms with Crippen LogP contribution >= 0.6 is 0 Å². The predicted octanol–water partition coefficient (Wildman–Crippen LogP) is 4.85. The van der Waals surface area contributed by atoms with E-state index in [0.29, 0.717) is 31.3 Å². The molecule has 7 heteroatoms. The van der Waals surface area contributed by atoms with Crippen LogP contribution in [0.4, 0.5) is 16.2 Å². The maximum atomic E-state index is 12.8. The Labute approximate surface area is 193 Å². The number of hydrogen-bond donors (Lipinski definition) is 2. The molecule has 1 unspecified atom stereocenters. The predicted molar refractivity (Wildman–Crippen MR) is 128 cm³/mol. The highest BCUT2D eigenvalue weighted by Crippen LogP contribution is 2.21. The van der Waals surface area contributed by atoms with Gasteiger partial charge in [-0.15, -0.1) is 0 Å². The van der Waals surface area contributed by atoms with Crippen LogP contribution in [-0.2, 0) is 11.4 Å². The number of rotatable bonds is 6. The number of aryl methyl sites for hydroxylation is 1. The normalized spacial score (nSPS) is 15.5. The molecule has 1 aliphatic heterocycles. The Morgan fingerprint density at radius 3 is 2.64 bits per heavy atom. The average Bonchev–Trinajstić information content (AvgIpc) is 2.84. The standard InChI is InChI=1S/C26H28N4O3/c1-19-7-5-11-22(15-19)29-26(32)30-14-6-10-21(17-30)25(31)28-23-12-13-24(27-16-23)33-18-20-8-3-2-4-9-20/h2-5,7-9,11-13,15-16,21H,6,10,14,17-18H2,1H3,(H,28,31)(H,29,32). The van der Waals surface area contributed by atoms with Crippen molar-refractivity contribution in [2.45, 2.75) is 26.4 Å². The smallest absolute Gasteiger partial charge is 0.321 e. The number of benzene rings is 2. The molecule has 0 aliphatic carbocycles. The van der Waals surface area contributed by atoms with Crippen LogP contribution in [0.5, 0.6) is 5.88 Å². The fraction of sp³-hybridized carbons (Fsp3) is 0.269. The summed E-state index contributed by atoms with van der Waals surface area (Å²) in [5.74, 6) is 0.118. The number of ether oxygens (including phenoxy) is 1. The van der Waals surface area contributed by atoms with Crippen LogP contribution in [0.15, 0.2) is 72.9 Å². The van der Waals surface area contributed by atoms with E-state index in [0.717, 1.165) is 29.7 Å². The summed E-state index contributed by atoms with van der Waals surface area (Å²) in [4.78, 5) is 31.5. The van der Waals surface area contributed by atoms with E-state index in [1.54, 1.807) is 23.2 Å². The molecule has 2 aromatic carbocycles. The minimum Gasteiger partial charge on any atom is -0.473 e. The van der Waals surface area contributed by atoms with Gasteiger partial charge in [-0.05, 0) is 49.1 Å². The maximum absolute atomic E-state index is 12.8. The average molecular weight is 445 g/mol. The summed E-state index contributed by atoms with van der Waals surface area (Å²) in [5.41, 5.74) is 3.50. The summed E-state index contributed by atoms with van der Waals surface area (Å²) in [5, 5.41) is 5.84. The van der Waals surface area contributed by atoms with E-state index in [2.05, 4.69) is 15.6 Å². The van der Waals surface area contributed by atoms with Crippen LogP contribution in [0.1, 0.15) is 24.0 Å². The number of likely N-dealkylation sites (tertiary alicyclic amines) is 1. The zero-order chi connectivity index (χ0) is 23.0. The molecule has 2 N–H and O–H groups in total. The number of carbonyl (C=O) groups is 2. The molecule has 3 aromatic rings. The van der Waals surface area contributed by atoms with E-state index in [1.165, 1.54) is 0 Å². The molecule has 1 fully saturated rings. The number of pyridine rings is 1. The van der Waals surface area contributed by atoms with Crippen LogP contribution in [0.2, 0.25) is 0 Å². The van der Waals surface area contributed by atoms with Crippen LogP contribution in [0, 0.1) is 12.8 Å². The van der Waals surface area contributed by atoms with E-state index in [-0.39, 0.29) is 17.9 Å².